The van der Waals surface area contributed by atoms with E-state index >= 15 is 0 Å². The van der Waals surface area contributed by atoms with Gasteiger partial charge in [-0.3, -0.25) is 9.59 Å². The fourth-order valence-electron chi connectivity index (χ4n) is 1.17. The average molecular weight is 306 g/mol. The Balaban J connectivity index is 2.36. The van der Waals surface area contributed by atoms with Crippen LogP contribution in [0.4, 0.5) is 0 Å². The quantitative estimate of drug-likeness (QED) is 0.817. The van der Waals surface area contributed by atoms with E-state index in [0.717, 1.165) is 0 Å². The molecule has 0 radical (unpaired) electrons. The second-order valence-electron chi connectivity index (χ2n) is 3.45. The molecule has 1 N–H and O–H groups in total. The van der Waals surface area contributed by atoms with Crippen LogP contribution >= 0.6 is 23.2 Å². The minimum absolute atomic E-state index is 0.190. The first-order valence-electron chi connectivity index (χ1n) is 5.53. The number of benzene rings is 1. The number of rotatable bonds is 6. The maximum absolute atomic E-state index is 11.4. The number of esters is 1. The van der Waals surface area contributed by atoms with Gasteiger partial charge in [-0.15, -0.1) is 0 Å². The molecule has 1 aromatic carbocycles. The second kappa shape index (κ2) is 7.86. The number of hydrogen-bond donors (Lipinski definition) is 1. The fraction of sp³-hybridized carbons (Fsp3) is 0.333. The summed E-state index contributed by atoms with van der Waals surface area (Å²) in [5.74, 6) is -0.600. The van der Waals surface area contributed by atoms with Gasteiger partial charge in [0.15, 0.2) is 6.61 Å². The van der Waals surface area contributed by atoms with Gasteiger partial charge in [-0.1, -0.05) is 23.2 Å². The summed E-state index contributed by atoms with van der Waals surface area (Å²) in [6.07, 6.45) is 0. The van der Waals surface area contributed by atoms with E-state index < -0.39 is 11.9 Å². The van der Waals surface area contributed by atoms with Crippen molar-refractivity contribution in [3.8, 4) is 5.75 Å². The van der Waals surface area contributed by atoms with E-state index in [4.69, 9.17) is 27.9 Å². The van der Waals surface area contributed by atoms with Crippen LogP contribution in [0.3, 0.4) is 0 Å². The van der Waals surface area contributed by atoms with Gasteiger partial charge < -0.3 is 14.8 Å². The molecule has 0 spiro atoms. The summed E-state index contributed by atoms with van der Waals surface area (Å²) in [7, 11) is 0. The summed E-state index contributed by atoms with van der Waals surface area (Å²) in [5.41, 5.74) is 0. The third-order valence-corrected chi connectivity index (χ3v) is 2.52. The Bertz CT molecular complexity index is 465. The van der Waals surface area contributed by atoms with Crippen LogP contribution in [-0.4, -0.2) is 31.6 Å². The maximum Gasteiger partial charge on any atom is 0.325 e. The SMILES string of the molecule is CCOC(=O)CNC(=O)COc1ccc(Cl)cc1Cl. The summed E-state index contributed by atoms with van der Waals surface area (Å²) in [4.78, 5) is 22.4. The van der Waals surface area contributed by atoms with Crippen molar-refractivity contribution < 1.29 is 19.1 Å². The van der Waals surface area contributed by atoms with Gasteiger partial charge in [-0.2, -0.15) is 0 Å². The van der Waals surface area contributed by atoms with Crippen LogP contribution in [0.2, 0.25) is 10.0 Å². The molecule has 0 unspecified atom stereocenters. The molecule has 19 heavy (non-hydrogen) atoms. The van der Waals surface area contributed by atoms with Crippen LogP contribution in [0.5, 0.6) is 5.75 Å². The van der Waals surface area contributed by atoms with E-state index in [1.165, 1.54) is 6.07 Å². The second-order valence-corrected chi connectivity index (χ2v) is 4.29. The van der Waals surface area contributed by atoms with E-state index in [0.29, 0.717) is 15.8 Å². The Kier molecular flexibility index (Phi) is 6.45. The Hall–Kier alpha value is -1.46. The first kappa shape index (κ1) is 15.6. The minimum atomic E-state index is -0.500. The van der Waals surface area contributed by atoms with Crippen molar-refractivity contribution >= 4 is 35.1 Å². The van der Waals surface area contributed by atoms with Crippen molar-refractivity contribution in [2.24, 2.45) is 0 Å². The van der Waals surface area contributed by atoms with E-state index in [1.807, 2.05) is 0 Å². The lowest BCUT2D eigenvalue weighted by atomic mass is 10.3. The molecule has 5 nitrogen and oxygen atoms in total. The van der Waals surface area contributed by atoms with Crippen molar-refractivity contribution in [2.75, 3.05) is 19.8 Å². The number of halogens is 2. The lowest BCUT2D eigenvalue weighted by Crippen LogP contribution is -2.34. The van der Waals surface area contributed by atoms with Crippen LogP contribution in [0.1, 0.15) is 6.92 Å². The zero-order valence-electron chi connectivity index (χ0n) is 10.2. The molecule has 0 heterocycles. The topological polar surface area (TPSA) is 64.6 Å². The monoisotopic (exact) mass is 305 g/mol. The van der Waals surface area contributed by atoms with Gasteiger partial charge in [-0.05, 0) is 25.1 Å². The van der Waals surface area contributed by atoms with Crippen LogP contribution in [0.25, 0.3) is 0 Å². The zero-order valence-corrected chi connectivity index (χ0v) is 11.8. The minimum Gasteiger partial charge on any atom is -0.482 e. The number of nitrogens with one attached hydrogen (secondary N) is 1. The molecule has 0 saturated carbocycles. The molecule has 0 aliphatic heterocycles. The van der Waals surface area contributed by atoms with Crippen molar-refractivity contribution in [3.63, 3.8) is 0 Å². The molecule has 0 aliphatic carbocycles. The number of hydrogen-bond acceptors (Lipinski definition) is 4. The van der Waals surface area contributed by atoms with Gasteiger partial charge in [0.2, 0.25) is 0 Å². The summed E-state index contributed by atoms with van der Waals surface area (Å²) >= 11 is 11.6. The Labute approximate surface area is 120 Å². The number of carbonyl (C=O) groups excluding carboxylic acids is 2. The Morgan fingerprint density at radius 1 is 1.32 bits per heavy atom. The molecular weight excluding hydrogens is 293 g/mol. The van der Waals surface area contributed by atoms with Crippen molar-refractivity contribution in [3.05, 3.63) is 28.2 Å². The lowest BCUT2D eigenvalue weighted by molar-refractivity contribution is -0.143. The molecule has 0 aliphatic rings. The van der Waals surface area contributed by atoms with E-state index in [2.05, 4.69) is 10.1 Å². The highest BCUT2D eigenvalue weighted by Gasteiger charge is 2.08. The predicted molar refractivity (Wildman–Crippen MR) is 71.6 cm³/mol. The lowest BCUT2D eigenvalue weighted by Gasteiger charge is -2.08. The maximum atomic E-state index is 11.4. The summed E-state index contributed by atoms with van der Waals surface area (Å²) in [6.45, 7) is 1.52. The van der Waals surface area contributed by atoms with Crippen LogP contribution in [0.15, 0.2) is 18.2 Å². The molecular formula is C12H13Cl2NO4. The van der Waals surface area contributed by atoms with E-state index in [9.17, 15) is 9.59 Å². The van der Waals surface area contributed by atoms with Gasteiger partial charge in [0.1, 0.15) is 12.3 Å². The number of carbonyl (C=O) groups is 2. The van der Waals surface area contributed by atoms with Crippen molar-refractivity contribution in [1.82, 2.24) is 5.32 Å². The highest BCUT2D eigenvalue weighted by molar-refractivity contribution is 6.35. The third kappa shape index (κ3) is 5.81. The molecule has 0 bridgehead atoms. The van der Waals surface area contributed by atoms with Crippen molar-refractivity contribution in [1.29, 1.82) is 0 Å². The first-order chi connectivity index (χ1) is 9.02. The summed E-state index contributed by atoms with van der Waals surface area (Å²) < 4.78 is 9.85. The first-order valence-corrected chi connectivity index (χ1v) is 6.28. The normalized spacial score (nSPS) is 9.84. The van der Waals surface area contributed by atoms with E-state index in [-0.39, 0.29) is 19.8 Å². The summed E-state index contributed by atoms with van der Waals surface area (Å²) in [5, 5.41) is 3.15. The number of amides is 1. The fourth-order valence-corrected chi connectivity index (χ4v) is 1.63. The molecule has 1 amide bonds. The molecule has 0 saturated heterocycles. The molecule has 1 aromatic rings. The van der Waals surface area contributed by atoms with Crippen LogP contribution in [-0.2, 0) is 14.3 Å². The van der Waals surface area contributed by atoms with Crippen LogP contribution < -0.4 is 10.1 Å². The standard InChI is InChI=1S/C12H13Cl2NO4/c1-2-18-12(17)6-15-11(16)7-19-10-4-3-8(13)5-9(10)14/h3-5H,2,6-7H2,1H3,(H,15,16). The van der Waals surface area contributed by atoms with Gasteiger partial charge in [0.25, 0.3) is 5.91 Å². The zero-order chi connectivity index (χ0) is 14.3. The number of ether oxygens (including phenoxy) is 2. The molecule has 0 fully saturated rings. The third-order valence-electron chi connectivity index (χ3n) is 1.99. The van der Waals surface area contributed by atoms with Gasteiger partial charge in [0.05, 0.1) is 11.6 Å². The highest BCUT2D eigenvalue weighted by Crippen LogP contribution is 2.27. The van der Waals surface area contributed by atoms with Gasteiger partial charge in [-0.25, -0.2) is 0 Å². The molecule has 0 atom stereocenters. The largest absolute Gasteiger partial charge is 0.482 e. The smallest absolute Gasteiger partial charge is 0.325 e. The Morgan fingerprint density at radius 2 is 2.05 bits per heavy atom. The average Bonchev–Trinajstić information content (AvgIpc) is 2.35. The molecule has 7 heteroatoms. The van der Waals surface area contributed by atoms with Gasteiger partial charge >= 0.3 is 5.97 Å². The summed E-state index contributed by atoms with van der Waals surface area (Å²) in [6, 6.07) is 4.66. The van der Waals surface area contributed by atoms with E-state index in [1.54, 1.807) is 19.1 Å². The Morgan fingerprint density at radius 3 is 2.68 bits per heavy atom. The van der Waals surface area contributed by atoms with Crippen LogP contribution in [0, 0.1) is 0 Å². The predicted octanol–water partition coefficient (Wildman–Crippen LogP) is 2.05. The molecule has 1 rings (SSSR count). The highest BCUT2D eigenvalue weighted by atomic mass is 35.5. The van der Waals surface area contributed by atoms with Gasteiger partial charge in [0, 0.05) is 5.02 Å². The molecule has 0 aromatic heterocycles. The van der Waals surface area contributed by atoms with Crippen molar-refractivity contribution in [2.45, 2.75) is 6.92 Å². The molecule has 104 valence electrons.